The molecule has 8 nitrogen and oxygen atoms in total. The fraction of sp³-hybridized carbons (Fsp3) is 0.524. The third-order valence-electron chi connectivity index (χ3n) is 6.81. The number of hydrogen-bond donors (Lipinski definition) is 1. The van der Waals surface area contributed by atoms with Gasteiger partial charge in [-0.2, -0.15) is 10.5 Å². The first-order chi connectivity index (χ1) is 14.0. The lowest BCUT2D eigenvalue weighted by Gasteiger charge is -2.36. The summed E-state index contributed by atoms with van der Waals surface area (Å²) in [7, 11) is 0. The number of hydrogen-bond acceptors (Lipinski definition) is 6. The molecule has 2 N–H and O–H groups in total. The van der Waals surface area contributed by atoms with Crippen molar-refractivity contribution in [3.63, 3.8) is 0 Å². The minimum atomic E-state index is -0.739. The van der Waals surface area contributed by atoms with Crippen LogP contribution in [-0.4, -0.2) is 64.9 Å². The van der Waals surface area contributed by atoms with Crippen LogP contribution in [0, 0.1) is 28.6 Å². The van der Waals surface area contributed by atoms with Crippen LogP contribution in [0.25, 0.3) is 0 Å². The zero-order valence-electron chi connectivity index (χ0n) is 15.9. The first-order valence-corrected chi connectivity index (χ1v) is 10.1. The molecule has 4 aliphatic rings. The monoisotopic (exact) mass is 390 g/mol. The lowest BCUT2D eigenvalue weighted by atomic mass is 10.1. The quantitative estimate of drug-likeness (QED) is 0.784. The molecule has 29 heavy (non-hydrogen) atoms. The molecule has 1 aromatic rings. The summed E-state index contributed by atoms with van der Waals surface area (Å²) in [5.41, 5.74) is 7.38. The summed E-state index contributed by atoms with van der Waals surface area (Å²) in [6, 6.07) is 10.2. The fourth-order valence-electron chi connectivity index (χ4n) is 5.37. The zero-order chi connectivity index (χ0) is 20.3. The Kier molecular flexibility index (Phi) is 4.09. The van der Waals surface area contributed by atoms with Crippen molar-refractivity contribution >= 4 is 17.5 Å². The molecule has 0 spiro atoms. The number of anilines is 1. The summed E-state index contributed by atoms with van der Waals surface area (Å²) < 4.78 is 0. The summed E-state index contributed by atoms with van der Waals surface area (Å²) in [5.74, 6) is 0.235. The summed E-state index contributed by atoms with van der Waals surface area (Å²) in [5, 5.41) is 18.7. The summed E-state index contributed by atoms with van der Waals surface area (Å²) in [6.45, 7) is 0.941. The van der Waals surface area contributed by atoms with Crippen LogP contribution in [0.15, 0.2) is 24.3 Å². The molecule has 0 radical (unpaired) electrons. The van der Waals surface area contributed by atoms with E-state index in [0.717, 1.165) is 12.8 Å². The second-order valence-corrected chi connectivity index (χ2v) is 8.49. The van der Waals surface area contributed by atoms with E-state index in [1.165, 1.54) is 0 Å². The number of fused-ring (bicyclic) bond motifs is 3. The molecule has 2 bridgehead atoms. The van der Waals surface area contributed by atoms with E-state index in [9.17, 15) is 20.1 Å². The Morgan fingerprint density at radius 1 is 1.24 bits per heavy atom. The number of piperazine rings is 1. The zero-order valence-corrected chi connectivity index (χ0v) is 15.9. The van der Waals surface area contributed by atoms with Gasteiger partial charge in [0.25, 0.3) is 0 Å². The molecule has 0 aromatic heterocycles. The number of carbonyl (C=O) groups is 2. The maximum absolute atomic E-state index is 13.0. The summed E-state index contributed by atoms with van der Waals surface area (Å²) >= 11 is 0. The van der Waals surface area contributed by atoms with Crippen molar-refractivity contribution < 1.29 is 9.59 Å². The van der Waals surface area contributed by atoms with Gasteiger partial charge < -0.3 is 15.5 Å². The van der Waals surface area contributed by atoms with Gasteiger partial charge in [0.15, 0.2) is 0 Å². The van der Waals surface area contributed by atoms with Gasteiger partial charge in [0.2, 0.25) is 11.8 Å². The molecule has 8 heteroatoms. The van der Waals surface area contributed by atoms with Gasteiger partial charge >= 0.3 is 0 Å². The van der Waals surface area contributed by atoms with E-state index in [4.69, 9.17) is 5.73 Å². The molecule has 3 heterocycles. The van der Waals surface area contributed by atoms with E-state index in [-0.39, 0.29) is 36.0 Å². The first kappa shape index (κ1) is 18.1. The van der Waals surface area contributed by atoms with Crippen LogP contribution < -0.4 is 10.6 Å². The highest BCUT2D eigenvalue weighted by atomic mass is 16.2. The van der Waals surface area contributed by atoms with Gasteiger partial charge in [0.05, 0.1) is 35.4 Å². The third-order valence-corrected chi connectivity index (χ3v) is 6.81. The smallest absolute Gasteiger partial charge is 0.244 e. The molecule has 6 atom stereocenters. The number of carbonyl (C=O) groups excluding carboxylic acids is 2. The Hall–Kier alpha value is -2.94. The van der Waals surface area contributed by atoms with Crippen molar-refractivity contribution in [3.8, 4) is 12.1 Å². The van der Waals surface area contributed by atoms with Gasteiger partial charge in [-0.05, 0) is 37.3 Å². The Morgan fingerprint density at radius 3 is 2.76 bits per heavy atom. The van der Waals surface area contributed by atoms with Crippen molar-refractivity contribution in [2.24, 2.45) is 11.7 Å². The number of piperidine rings is 1. The van der Waals surface area contributed by atoms with E-state index in [1.807, 2.05) is 11.0 Å². The second-order valence-electron chi connectivity index (χ2n) is 8.49. The Morgan fingerprint density at radius 2 is 2.03 bits per heavy atom. The van der Waals surface area contributed by atoms with E-state index < -0.39 is 6.04 Å². The molecule has 3 saturated heterocycles. The van der Waals surface area contributed by atoms with Gasteiger partial charge in [0, 0.05) is 19.1 Å². The predicted molar refractivity (Wildman–Crippen MR) is 103 cm³/mol. The lowest BCUT2D eigenvalue weighted by molar-refractivity contribution is -0.135. The molecule has 4 fully saturated rings. The van der Waals surface area contributed by atoms with Crippen LogP contribution in [0.2, 0.25) is 0 Å². The van der Waals surface area contributed by atoms with Crippen molar-refractivity contribution in [2.45, 2.75) is 49.5 Å². The third kappa shape index (κ3) is 2.71. The normalized spacial score (nSPS) is 33.3. The molecule has 1 saturated carbocycles. The number of nitrogens with zero attached hydrogens (tertiary/aromatic N) is 5. The van der Waals surface area contributed by atoms with E-state index in [2.05, 4.69) is 12.1 Å². The van der Waals surface area contributed by atoms with E-state index in [0.29, 0.717) is 36.7 Å². The minimum absolute atomic E-state index is 0.0178. The SMILES string of the molecule is N#Cc1ccccc1N1C(=O)C2C[C@H]1CN2CC(N)C(=O)N1C(C#N)CC2CC21. The lowest BCUT2D eigenvalue weighted by Crippen LogP contribution is -2.57. The van der Waals surface area contributed by atoms with Crippen molar-refractivity contribution in [3.05, 3.63) is 29.8 Å². The van der Waals surface area contributed by atoms with Crippen LogP contribution in [0.5, 0.6) is 0 Å². The Labute approximate surface area is 169 Å². The number of benzene rings is 1. The molecule has 1 aromatic carbocycles. The number of para-hydroxylation sites is 1. The largest absolute Gasteiger partial charge is 0.322 e. The van der Waals surface area contributed by atoms with Crippen LogP contribution in [0.3, 0.4) is 0 Å². The van der Waals surface area contributed by atoms with E-state index >= 15 is 0 Å². The molecule has 148 valence electrons. The van der Waals surface area contributed by atoms with Crippen LogP contribution >= 0.6 is 0 Å². The van der Waals surface area contributed by atoms with Gasteiger partial charge in [-0.1, -0.05) is 12.1 Å². The highest BCUT2D eigenvalue weighted by molar-refractivity contribution is 6.02. The average Bonchev–Trinajstić information content (AvgIpc) is 3.07. The molecular weight excluding hydrogens is 368 g/mol. The number of amides is 2. The Bertz CT molecular complexity index is 965. The fourth-order valence-corrected chi connectivity index (χ4v) is 5.37. The first-order valence-electron chi connectivity index (χ1n) is 10.1. The minimum Gasteiger partial charge on any atom is -0.322 e. The maximum Gasteiger partial charge on any atom is 0.244 e. The molecular formula is C21H22N6O2. The molecule has 3 aliphatic heterocycles. The van der Waals surface area contributed by atoms with E-state index in [1.54, 1.807) is 28.0 Å². The second kappa shape index (κ2) is 6.55. The summed E-state index contributed by atoms with van der Waals surface area (Å²) in [6.07, 6.45) is 2.39. The topological polar surface area (TPSA) is 117 Å². The maximum atomic E-state index is 13.0. The number of rotatable bonds is 4. The van der Waals surface area contributed by atoms with Crippen LogP contribution in [0.4, 0.5) is 5.69 Å². The highest BCUT2D eigenvalue weighted by Gasteiger charge is 2.55. The molecule has 1 aliphatic carbocycles. The van der Waals surface area contributed by atoms with Gasteiger partial charge in [-0.15, -0.1) is 0 Å². The number of nitriles is 2. The standard InChI is InChI=1S/C21H22N6O2/c22-8-12-3-1-2-4-17(12)27-15-7-19(21(27)29)25(10-15)11-16(24)20(28)26-14(9-23)5-13-6-18(13)26/h1-4,13-16,18-19H,5-7,10-11,24H2/t13?,14?,15-,16?,18?,19?/m0/s1. The van der Waals surface area contributed by atoms with Gasteiger partial charge in [-0.3, -0.25) is 14.5 Å². The van der Waals surface area contributed by atoms with Gasteiger partial charge in [-0.25, -0.2) is 0 Å². The number of likely N-dealkylation sites (tertiary alicyclic amines) is 2. The molecule has 5 rings (SSSR count). The van der Waals surface area contributed by atoms with Crippen LogP contribution in [-0.2, 0) is 9.59 Å². The van der Waals surface area contributed by atoms with Crippen molar-refractivity contribution in [1.29, 1.82) is 10.5 Å². The van der Waals surface area contributed by atoms with Crippen molar-refractivity contribution in [1.82, 2.24) is 9.80 Å². The summed E-state index contributed by atoms with van der Waals surface area (Å²) in [4.78, 5) is 31.3. The predicted octanol–water partition coefficient (Wildman–Crippen LogP) is 0.188. The molecule has 5 unspecified atom stereocenters. The van der Waals surface area contributed by atoms with Gasteiger partial charge in [0.1, 0.15) is 12.1 Å². The number of nitrogens with two attached hydrogens (primary N) is 1. The highest BCUT2D eigenvalue weighted by Crippen LogP contribution is 2.47. The van der Waals surface area contributed by atoms with Crippen LogP contribution in [0.1, 0.15) is 24.8 Å². The average molecular weight is 390 g/mol. The molecule has 2 amide bonds. The Balaban J connectivity index is 1.27. The van der Waals surface area contributed by atoms with Crippen molar-refractivity contribution in [2.75, 3.05) is 18.0 Å².